The fraction of sp³-hybridized carbons (Fsp3) is 0.0909. The van der Waals surface area contributed by atoms with Crippen LogP contribution in [-0.2, 0) is 4.79 Å². The summed E-state index contributed by atoms with van der Waals surface area (Å²) in [6, 6.07) is 19.4. The lowest BCUT2D eigenvalue weighted by Gasteiger charge is -2.23. The number of carboxylic acid groups (broad SMARTS) is 1. The van der Waals surface area contributed by atoms with Gasteiger partial charge < -0.3 is 10.4 Å². The quantitative estimate of drug-likeness (QED) is 0.742. The molecule has 4 rings (SSSR count). The van der Waals surface area contributed by atoms with Gasteiger partial charge >= 0.3 is 5.97 Å². The summed E-state index contributed by atoms with van der Waals surface area (Å²) in [6.45, 7) is 0. The second kappa shape index (κ2) is 6.68. The Kier molecular flexibility index (Phi) is 4.20. The van der Waals surface area contributed by atoms with Gasteiger partial charge in [0, 0.05) is 5.92 Å². The van der Waals surface area contributed by atoms with Gasteiger partial charge in [-0.2, -0.15) is 0 Å². The van der Waals surface area contributed by atoms with Crippen LogP contribution in [0.5, 0.6) is 0 Å². The van der Waals surface area contributed by atoms with Crippen molar-refractivity contribution in [2.24, 2.45) is 0 Å². The molecule has 1 atom stereocenters. The third-order valence-corrected chi connectivity index (χ3v) is 4.89. The molecule has 2 N–H and O–H groups in total. The van der Waals surface area contributed by atoms with Gasteiger partial charge in [-0.05, 0) is 34.4 Å². The van der Waals surface area contributed by atoms with Gasteiger partial charge in [-0.25, -0.2) is 9.18 Å². The minimum absolute atomic E-state index is 0.177. The molecule has 0 bridgehead atoms. The molecular weight excluding hydrogens is 345 g/mol. The van der Waals surface area contributed by atoms with Gasteiger partial charge in [0.2, 0.25) is 0 Å². The Morgan fingerprint density at radius 1 is 0.852 bits per heavy atom. The molecule has 5 heteroatoms. The smallest absolute Gasteiger partial charge is 0.327 e. The number of rotatable bonds is 4. The van der Waals surface area contributed by atoms with Crippen LogP contribution in [0, 0.1) is 5.82 Å². The zero-order valence-electron chi connectivity index (χ0n) is 14.2. The fourth-order valence-corrected chi connectivity index (χ4v) is 3.71. The van der Waals surface area contributed by atoms with Crippen molar-refractivity contribution in [2.75, 3.05) is 0 Å². The first-order valence-corrected chi connectivity index (χ1v) is 8.54. The average molecular weight is 361 g/mol. The van der Waals surface area contributed by atoms with Crippen molar-refractivity contribution in [3.63, 3.8) is 0 Å². The molecule has 1 aliphatic carbocycles. The van der Waals surface area contributed by atoms with Crippen molar-refractivity contribution >= 4 is 11.9 Å². The maximum Gasteiger partial charge on any atom is 0.327 e. The number of carbonyl (C=O) groups is 2. The maximum atomic E-state index is 13.9. The van der Waals surface area contributed by atoms with Crippen molar-refractivity contribution in [2.45, 2.75) is 12.0 Å². The number of aliphatic carboxylic acids is 1. The zero-order chi connectivity index (χ0) is 19.0. The van der Waals surface area contributed by atoms with Crippen molar-refractivity contribution in [1.82, 2.24) is 5.32 Å². The third kappa shape index (κ3) is 2.87. The van der Waals surface area contributed by atoms with Crippen LogP contribution in [0.15, 0.2) is 72.8 Å². The van der Waals surface area contributed by atoms with Crippen LogP contribution in [-0.4, -0.2) is 23.0 Å². The SMILES string of the molecule is O=C(N[C@@H](C(=O)O)C1c2ccccc2-c2ccccc21)c1ccccc1F. The highest BCUT2D eigenvalue weighted by atomic mass is 19.1. The molecule has 0 saturated carbocycles. The van der Waals surface area contributed by atoms with E-state index in [1.165, 1.54) is 24.3 Å². The van der Waals surface area contributed by atoms with Crippen LogP contribution >= 0.6 is 0 Å². The number of nitrogens with one attached hydrogen (secondary N) is 1. The highest BCUT2D eigenvalue weighted by molar-refractivity contribution is 5.97. The predicted octanol–water partition coefficient (Wildman–Crippen LogP) is 3.82. The van der Waals surface area contributed by atoms with Gasteiger partial charge in [0.15, 0.2) is 0 Å². The summed E-state index contributed by atoms with van der Waals surface area (Å²) < 4.78 is 13.9. The molecular formula is C22H16FNO3. The first kappa shape index (κ1) is 17.0. The fourth-order valence-electron chi connectivity index (χ4n) is 3.71. The summed E-state index contributed by atoms with van der Waals surface area (Å²) in [6.07, 6.45) is 0. The van der Waals surface area contributed by atoms with Crippen molar-refractivity contribution in [3.8, 4) is 11.1 Å². The van der Waals surface area contributed by atoms with E-state index in [2.05, 4.69) is 5.32 Å². The molecule has 0 aliphatic heterocycles. The lowest BCUT2D eigenvalue weighted by molar-refractivity contribution is -0.139. The Morgan fingerprint density at radius 2 is 1.37 bits per heavy atom. The number of amides is 1. The second-order valence-corrected chi connectivity index (χ2v) is 6.42. The van der Waals surface area contributed by atoms with E-state index in [-0.39, 0.29) is 5.56 Å². The van der Waals surface area contributed by atoms with Gasteiger partial charge in [-0.15, -0.1) is 0 Å². The topological polar surface area (TPSA) is 66.4 Å². The van der Waals surface area contributed by atoms with Gasteiger partial charge in [0.1, 0.15) is 11.9 Å². The molecule has 0 unspecified atom stereocenters. The highest BCUT2D eigenvalue weighted by Gasteiger charge is 2.39. The van der Waals surface area contributed by atoms with Gasteiger partial charge in [-0.1, -0.05) is 60.7 Å². The Hall–Kier alpha value is -3.47. The molecule has 0 heterocycles. The van der Waals surface area contributed by atoms with Crippen LogP contribution in [0.1, 0.15) is 27.4 Å². The van der Waals surface area contributed by atoms with Crippen LogP contribution in [0.3, 0.4) is 0 Å². The van der Waals surface area contributed by atoms with Crippen molar-refractivity contribution < 1.29 is 19.1 Å². The molecule has 134 valence electrons. The van der Waals surface area contributed by atoms with Crippen LogP contribution in [0.25, 0.3) is 11.1 Å². The summed E-state index contributed by atoms with van der Waals surface area (Å²) in [7, 11) is 0. The third-order valence-electron chi connectivity index (χ3n) is 4.89. The molecule has 1 aliphatic rings. The minimum Gasteiger partial charge on any atom is -0.480 e. The molecule has 3 aromatic carbocycles. The molecule has 0 radical (unpaired) electrons. The van der Waals surface area contributed by atoms with E-state index in [0.29, 0.717) is 0 Å². The number of carbonyl (C=O) groups excluding carboxylic acids is 1. The standard InChI is InChI=1S/C22H16FNO3/c23-18-12-6-5-11-17(18)21(25)24-20(22(26)27)19-15-9-3-1-7-13(15)14-8-2-4-10-16(14)19/h1-12,19-20H,(H,24,25)(H,26,27)/t20-/m1/s1. The summed E-state index contributed by atoms with van der Waals surface area (Å²) >= 11 is 0. The van der Waals surface area contributed by atoms with E-state index >= 15 is 0 Å². The van der Waals surface area contributed by atoms with E-state index in [9.17, 15) is 19.1 Å². The van der Waals surface area contributed by atoms with E-state index < -0.39 is 29.7 Å². The van der Waals surface area contributed by atoms with Crippen molar-refractivity contribution in [1.29, 1.82) is 0 Å². The molecule has 1 amide bonds. The van der Waals surface area contributed by atoms with E-state index in [0.717, 1.165) is 22.3 Å². The van der Waals surface area contributed by atoms with E-state index in [1.54, 1.807) is 0 Å². The summed E-state index contributed by atoms with van der Waals surface area (Å²) in [5, 5.41) is 12.4. The Morgan fingerprint density at radius 3 is 1.93 bits per heavy atom. The number of hydrogen-bond acceptors (Lipinski definition) is 2. The number of halogens is 1. The first-order chi connectivity index (χ1) is 13.1. The lowest BCUT2D eigenvalue weighted by Crippen LogP contribution is -2.45. The Labute approximate surface area is 155 Å². The largest absolute Gasteiger partial charge is 0.480 e. The molecule has 27 heavy (non-hydrogen) atoms. The van der Waals surface area contributed by atoms with E-state index in [1.807, 2.05) is 48.5 Å². The van der Waals surface area contributed by atoms with E-state index in [4.69, 9.17) is 0 Å². The maximum absolute atomic E-state index is 13.9. The highest BCUT2D eigenvalue weighted by Crippen LogP contribution is 2.46. The zero-order valence-corrected chi connectivity index (χ0v) is 14.2. The summed E-state index contributed by atoms with van der Waals surface area (Å²) in [5.41, 5.74) is 3.39. The number of fused-ring (bicyclic) bond motifs is 3. The minimum atomic E-state index is -1.22. The number of carboxylic acids is 1. The monoisotopic (exact) mass is 361 g/mol. The average Bonchev–Trinajstić information content (AvgIpc) is 3.00. The number of benzene rings is 3. The first-order valence-electron chi connectivity index (χ1n) is 8.54. The Balaban J connectivity index is 1.76. The molecule has 0 aromatic heterocycles. The van der Waals surface area contributed by atoms with Crippen LogP contribution in [0.4, 0.5) is 4.39 Å². The second-order valence-electron chi connectivity index (χ2n) is 6.42. The normalized spacial score (nSPS) is 13.5. The van der Waals surface area contributed by atoms with Crippen LogP contribution in [0.2, 0.25) is 0 Å². The van der Waals surface area contributed by atoms with Crippen LogP contribution < -0.4 is 5.32 Å². The van der Waals surface area contributed by atoms with Gasteiger partial charge in [0.05, 0.1) is 5.56 Å². The molecule has 0 spiro atoms. The molecule has 0 saturated heterocycles. The van der Waals surface area contributed by atoms with Crippen molar-refractivity contribution in [3.05, 3.63) is 95.3 Å². The Bertz CT molecular complexity index is 1000. The summed E-state index contributed by atoms with van der Waals surface area (Å²) in [5.74, 6) is -3.16. The molecule has 4 nitrogen and oxygen atoms in total. The van der Waals surface area contributed by atoms with Gasteiger partial charge in [0.25, 0.3) is 5.91 Å². The lowest BCUT2D eigenvalue weighted by atomic mass is 9.89. The predicted molar refractivity (Wildman–Crippen MR) is 99.0 cm³/mol. The molecule has 0 fully saturated rings. The molecule has 3 aromatic rings. The van der Waals surface area contributed by atoms with Gasteiger partial charge in [-0.3, -0.25) is 4.79 Å². The number of hydrogen-bond donors (Lipinski definition) is 2. The summed E-state index contributed by atoms with van der Waals surface area (Å²) in [4.78, 5) is 24.6.